The molecular formula is C20H28N2O4. The Morgan fingerprint density at radius 2 is 1.92 bits per heavy atom. The van der Waals surface area contributed by atoms with Crippen LogP contribution in [0.5, 0.6) is 0 Å². The van der Waals surface area contributed by atoms with Crippen LogP contribution in [-0.4, -0.2) is 47.4 Å². The van der Waals surface area contributed by atoms with Crippen LogP contribution in [0.2, 0.25) is 0 Å². The molecule has 0 bridgehead atoms. The van der Waals surface area contributed by atoms with Crippen molar-refractivity contribution >= 4 is 17.8 Å². The van der Waals surface area contributed by atoms with E-state index >= 15 is 0 Å². The lowest BCUT2D eigenvalue weighted by atomic mass is 9.94. The first kappa shape index (κ1) is 19.9. The van der Waals surface area contributed by atoms with E-state index < -0.39 is 11.9 Å². The molecule has 0 saturated carbocycles. The first-order valence-electron chi connectivity index (χ1n) is 9.23. The van der Waals surface area contributed by atoms with Crippen molar-refractivity contribution in [1.29, 1.82) is 0 Å². The Morgan fingerprint density at radius 1 is 1.23 bits per heavy atom. The third-order valence-corrected chi connectivity index (χ3v) is 4.73. The summed E-state index contributed by atoms with van der Waals surface area (Å²) < 4.78 is 0. The van der Waals surface area contributed by atoms with E-state index in [4.69, 9.17) is 0 Å². The van der Waals surface area contributed by atoms with Crippen LogP contribution in [0.15, 0.2) is 30.3 Å². The maximum absolute atomic E-state index is 12.6. The quantitative estimate of drug-likeness (QED) is 0.782. The van der Waals surface area contributed by atoms with Crippen LogP contribution in [0.1, 0.15) is 43.5 Å². The molecule has 1 aliphatic rings. The Hall–Kier alpha value is -2.37. The summed E-state index contributed by atoms with van der Waals surface area (Å²) in [5.74, 6) is -1.73. The summed E-state index contributed by atoms with van der Waals surface area (Å²) in [7, 11) is 0. The molecule has 6 heteroatoms. The van der Waals surface area contributed by atoms with Gasteiger partial charge in [-0.15, -0.1) is 0 Å². The van der Waals surface area contributed by atoms with Gasteiger partial charge < -0.3 is 15.3 Å². The minimum Gasteiger partial charge on any atom is -0.481 e. The number of carboxylic acids is 1. The number of rotatable bonds is 7. The normalized spacial score (nSPS) is 18.4. The van der Waals surface area contributed by atoms with Crippen LogP contribution in [0.4, 0.5) is 0 Å². The topological polar surface area (TPSA) is 86.7 Å². The lowest BCUT2D eigenvalue weighted by Crippen LogP contribution is -2.46. The van der Waals surface area contributed by atoms with E-state index in [0.717, 1.165) is 6.42 Å². The van der Waals surface area contributed by atoms with Crippen molar-refractivity contribution < 1.29 is 19.5 Å². The zero-order valence-electron chi connectivity index (χ0n) is 15.5. The summed E-state index contributed by atoms with van der Waals surface area (Å²) in [4.78, 5) is 38.1. The van der Waals surface area contributed by atoms with Crippen molar-refractivity contribution in [2.24, 2.45) is 17.8 Å². The molecule has 142 valence electrons. The molecule has 1 aromatic carbocycles. The lowest BCUT2D eigenvalue weighted by Gasteiger charge is -2.32. The third kappa shape index (κ3) is 5.58. The second-order valence-corrected chi connectivity index (χ2v) is 7.37. The zero-order chi connectivity index (χ0) is 19.1. The highest BCUT2D eigenvalue weighted by Crippen LogP contribution is 2.19. The van der Waals surface area contributed by atoms with Gasteiger partial charge in [-0.1, -0.05) is 32.0 Å². The molecule has 0 aliphatic carbocycles. The van der Waals surface area contributed by atoms with E-state index in [1.807, 2.05) is 32.0 Å². The van der Waals surface area contributed by atoms with E-state index in [-0.39, 0.29) is 30.2 Å². The Balaban J connectivity index is 1.91. The summed E-state index contributed by atoms with van der Waals surface area (Å²) in [6.45, 7) is 5.08. The van der Waals surface area contributed by atoms with Crippen LogP contribution in [0, 0.1) is 17.8 Å². The highest BCUT2D eigenvalue weighted by molar-refractivity contribution is 5.94. The number of likely N-dealkylation sites (tertiary alicyclic amines) is 1. The van der Waals surface area contributed by atoms with E-state index in [1.165, 1.54) is 0 Å². The maximum atomic E-state index is 12.6. The van der Waals surface area contributed by atoms with E-state index in [0.29, 0.717) is 31.5 Å². The Labute approximate surface area is 154 Å². The van der Waals surface area contributed by atoms with Gasteiger partial charge in [-0.05, 0) is 37.3 Å². The van der Waals surface area contributed by atoms with Crippen molar-refractivity contribution in [3.05, 3.63) is 35.9 Å². The number of carbonyl (C=O) groups is 3. The van der Waals surface area contributed by atoms with Gasteiger partial charge in [0.2, 0.25) is 5.91 Å². The second kappa shape index (κ2) is 9.36. The standard InChI is InChI=1S/C20H28N2O4/c1-14(2)11-17(20(25)26)12-21-18(23)16-9-6-10-22(13-16)19(24)15-7-4-3-5-8-15/h3-5,7-8,14,16-17H,6,9-13H2,1-2H3,(H,21,23)(H,25,26). The molecule has 1 aliphatic heterocycles. The molecule has 1 fully saturated rings. The third-order valence-electron chi connectivity index (χ3n) is 4.73. The van der Waals surface area contributed by atoms with Crippen LogP contribution < -0.4 is 5.32 Å². The molecule has 1 aromatic rings. The molecular weight excluding hydrogens is 332 g/mol. The average molecular weight is 360 g/mol. The fraction of sp³-hybridized carbons (Fsp3) is 0.550. The summed E-state index contributed by atoms with van der Waals surface area (Å²) in [5.41, 5.74) is 0.622. The fourth-order valence-corrected chi connectivity index (χ4v) is 3.35. The van der Waals surface area contributed by atoms with Crippen molar-refractivity contribution in [3.63, 3.8) is 0 Å². The van der Waals surface area contributed by atoms with Gasteiger partial charge in [0, 0.05) is 25.2 Å². The molecule has 1 heterocycles. The predicted octanol–water partition coefficient (Wildman–Crippen LogP) is 2.40. The molecule has 1 saturated heterocycles. The fourth-order valence-electron chi connectivity index (χ4n) is 3.35. The van der Waals surface area contributed by atoms with E-state index in [2.05, 4.69) is 5.32 Å². The summed E-state index contributed by atoms with van der Waals surface area (Å²) in [5, 5.41) is 12.1. The van der Waals surface area contributed by atoms with Crippen molar-refractivity contribution in [2.75, 3.05) is 19.6 Å². The smallest absolute Gasteiger partial charge is 0.308 e. The largest absolute Gasteiger partial charge is 0.481 e. The first-order chi connectivity index (χ1) is 12.4. The Kier molecular flexibility index (Phi) is 7.18. The Bertz CT molecular complexity index is 630. The number of carboxylic acid groups (broad SMARTS) is 1. The monoisotopic (exact) mass is 360 g/mol. The molecule has 0 radical (unpaired) electrons. The van der Waals surface area contributed by atoms with Gasteiger partial charge >= 0.3 is 5.97 Å². The number of benzene rings is 1. The average Bonchev–Trinajstić information content (AvgIpc) is 2.64. The number of piperidine rings is 1. The van der Waals surface area contributed by atoms with Gasteiger partial charge in [-0.3, -0.25) is 14.4 Å². The number of amides is 2. The summed E-state index contributed by atoms with van der Waals surface area (Å²) >= 11 is 0. The molecule has 2 unspecified atom stereocenters. The highest BCUT2D eigenvalue weighted by atomic mass is 16.4. The molecule has 6 nitrogen and oxygen atoms in total. The van der Waals surface area contributed by atoms with Gasteiger partial charge in [0.15, 0.2) is 0 Å². The van der Waals surface area contributed by atoms with Gasteiger partial charge in [0.05, 0.1) is 11.8 Å². The van der Waals surface area contributed by atoms with Crippen molar-refractivity contribution in [3.8, 4) is 0 Å². The molecule has 26 heavy (non-hydrogen) atoms. The molecule has 2 atom stereocenters. The molecule has 2 amide bonds. The lowest BCUT2D eigenvalue weighted by molar-refractivity contribution is -0.142. The van der Waals surface area contributed by atoms with Crippen LogP contribution in [0.3, 0.4) is 0 Å². The number of nitrogens with one attached hydrogen (secondary N) is 1. The molecule has 0 aromatic heterocycles. The number of hydrogen-bond acceptors (Lipinski definition) is 3. The molecule has 0 spiro atoms. The van der Waals surface area contributed by atoms with Crippen molar-refractivity contribution in [1.82, 2.24) is 10.2 Å². The van der Waals surface area contributed by atoms with E-state index in [1.54, 1.807) is 17.0 Å². The first-order valence-corrected chi connectivity index (χ1v) is 9.23. The predicted molar refractivity (Wildman–Crippen MR) is 98.7 cm³/mol. The number of aliphatic carboxylic acids is 1. The van der Waals surface area contributed by atoms with E-state index in [9.17, 15) is 19.5 Å². The van der Waals surface area contributed by atoms with Crippen LogP contribution in [0.25, 0.3) is 0 Å². The van der Waals surface area contributed by atoms with Gasteiger partial charge in [-0.25, -0.2) is 0 Å². The minimum absolute atomic E-state index is 0.0636. The van der Waals surface area contributed by atoms with Crippen LogP contribution >= 0.6 is 0 Å². The van der Waals surface area contributed by atoms with Gasteiger partial charge in [0.1, 0.15) is 0 Å². The SMILES string of the molecule is CC(C)CC(CNC(=O)C1CCCN(C(=O)c2ccccc2)C1)C(=O)O. The number of hydrogen-bond donors (Lipinski definition) is 2. The molecule has 2 N–H and O–H groups in total. The van der Waals surface area contributed by atoms with Crippen LogP contribution in [-0.2, 0) is 9.59 Å². The van der Waals surface area contributed by atoms with Gasteiger partial charge in [0.25, 0.3) is 5.91 Å². The highest BCUT2D eigenvalue weighted by Gasteiger charge is 2.29. The second-order valence-electron chi connectivity index (χ2n) is 7.37. The number of nitrogens with zero attached hydrogens (tertiary/aromatic N) is 1. The number of carbonyl (C=O) groups excluding carboxylic acids is 2. The zero-order valence-corrected chi connectivity index (χ0v) is 15.5. The molecule has 2 rings (SSSR count). The minimum atomic E-state index is -0.886. The van der Waals surface area contributed by atoms with Crippen molar-refractivity contribution in [2.45, 2.75) is 33.1 Å². The maximum Gasteiger partial charge on any atom is 0.308 e. The Morgan fingerprint density at radius 3 is 2.54 bits per heavy atom. The summed E-state index contributed by atoms with van der Waals surface area (Å²) in [6.07, 6.45) is 2.01. The van der Waals surface area contributed by atoms with Gasteiger partial charge in [-0.2, -0.15) is 0 Å². The summed E-state index contributed by atoms with van der Waals surface area (Å²) in [6, 6.07) is 9.05.